The highest BCUT2D eigenvalue weighted by Crippen LogP contribution is 2.19. The molecule has 104 valence electrons. The number of nitrogens with zero attached hydrogens (tertiary/aromatic N) is 3. The Morgan fingerprint density at radius 3 is 2.60 bits per heavy atom. The lowest BCUT2D eigenvalue weighted by atomic mass is 10.2. The highest BCUT2D eigenvalue weighted by molar-refractivity contribution is 6.00. The molecule has 0 unspecified atom stereocenters. The van der Waals surface area contributed by atoms with Gasteiger partial charge in [0.2, 0.25) is 6.39 Å². The van der Waals surface area contributed by atoms with E-state index in [4.69, 9.17) is 9.15 Å². The highest BCUT2D eigenvalue weighted by atomic mass is 16.5. The fraction of sp³-hybridized carbons (Fsp3) is 0.308. The minimum atomic E-state index is -0.415. The standard InChI is InChI=1S/C13H14N4O3/c18-12(13-16-14-9-20-13)15-10-1-3-11(4-2-10)17-5-7-19-8-6-17/h1-4,9H,5-8H2,(H,15,18). The fourth-order valence-corrected chi connectivity index (χ4v) is 2.03. The summed E-state index contributed by atoms with van der Waals surface area (Å²) in [5.41, 5.74) is 1.80. The summed E-state index contributed by atoms with van der Waals surface area (Å²) >= 11 is 0. The molecule has 1 aromatic heterocycles. The monoisotopic (exact) mass is 274 g/mol. The number of amides is 1. The van der Waals surface area contributed by atoms with Gasteiger partial charge in [0.15, 0.2) is 0 Å². The Balaban J connectivity index is 1.65. The van der Waals surface area contributed by atoms with Crippen LogP contribution >= 0.6 is 0 Å². The van der Waals surface area contributed by atoms with Crippen molar-refractivity contribution in [1.29, 1.82) is 0 Å². The Morgan fingerprint density at radius 2 is 1.95 bits per heavy atom. The van der Waals surface area contributed by atoms with E-state index in [2.05, 4.69) is 20.4 Å². The van der Waals surface area contributed by atoms with Crippen molar-refractivity contribution in [3.05, 3.63) is 36.5 Å². The van der Waals surface area contributed by atoms with Gasteiger partial charge in [-0.05, 0) is 24.3 Å². The maximum absolute atomic E-state index is 11.7. The quantitative estimate of drug-likeness (QED) is 0.904. The van der Waals surface area contributed by atoms with Gasteiger partial charge in [-0.1, -0.05) is 0 Å². The molecule has 1 aromatic carbocycles. The molecule has 1 N–H and O–H groups in total. The van der Waals surface area contributed by atoms with Crippen LogP contribution in [-0.2, 0) is 4.74 Å². The predicted molar refractivity (Wildman–Crippen MR) is 71.7 cm³/mol. The molecule has 1 aliphatic rings. The van der Waals surface area contributed by atoms with Crippen molar-refractivity contribution < 1.29 is 13.9 Å². The molecular formula is C13H14N4O3. The number of hydrogen-bond acceptors (Lipinski definition) is 6. The van der Waals surface area contributed by atoms with Crippen molar-refractivity contribution in [3.8, 4) is 0 Å². The van der Waals surface area contributed by atoms with Crippen molar-refractivity contribution in [2.75, 3.05) is 36.5 Å². The van der Waals surface area contributed by atoms with Crippen LogP contribution in [0.5, 0.6) is 0 Å². The highest BCUT2D eigenvalue weighted by Gasteiger charge is 2.13. The van der Waals surface area contributed by atoms with E-state index < -0.39 is 5.91 Å². The molecule has 1 amide bonds. The average Bonchev–Trinajstić information content (AvgIpc) is 3.03. The summed E-state index contributed by atoms with van der Waals surface area (Å²) in [5, 5.41) is 9.71. The number of carbonyl (C=O) groups excluding carboxylic acids is 1. The largest absolute Gasteiger partial charge is 0.420 e. The Kier molecular flexibility index (Phi) is 3.60. The lowest BCUT2D eigenvalue weighted by Crippen LogP contribution is -2.36. The molecule has 0 aliphatic carbocycles. The number of anilines is 2. The second-order valence-corrected chi connectivity index (χ2v) is 4.34. The number of carbonyl (C=O) groups is 1. The summed E-state index contributed by atoms with van der Waals surface area (Å²) in [7, 11) is 0. The molecule has 20 heavy (non-hydrogen) atoms. The first-order chi connectivity index (χ1) is 9.83. The van der Waals surface area contributed by atoms with Gasteiger partial charge in [-0.2, -0.15) is 0 Å². The second-order valence-electron chi connectivity index (χ2n) is 4.34. The average molecular weight is 274 g/mol. The van der Waals surface area contributed by atoms with Crippen LogP contribution in [0.15, 0.2) is 35.1 Å². The molecule has 3 rings (SSSR count). The van der Waals surface area contributed by atoms with Crippen molar-refractivity contribution >= 4 is 17.3 Å². The van der Waals surface area contributed by atoms with Crippen molar-refractivity contribution in [1.82, 2.24) is 10.2 Å². The number of ether oxygens (including phenoxy) is 1. The van der Waals surface area contributed by atoms with Gasteiger partial charge < -0.3 is 19.4 Å². The molecule has 2 heterocycles. The molecule has 1 fully saturated rings. The lowest BCUT2D eigenvalue weighted by Gasteiger charge is -2.28. The Bertz CT molecular complexity index is 562. The van der Waals surface area contributed by atoms with Crippen LogP contribution < -0.4 is 10.2 Å². The molecule has 0 spiro atoms. The lowest BCUT2D eigenvalue weighted by molar-refractivity contribution is 0.0990. The van der Waals surface area contributed by atoms with Crippen LogP contribution in [0.4, 0.5) is 11.4 Å². The van der Waals surface area contributed by atoms with E-state index >= 15 is 0 Å². The van der Waals surface area contributed by atoms with E-state index in [-0.39, 0.29) is 5.89 Å². The van der Waals surface area contributed by atoms with Crippen molar-refractivity contribution in [2.45, 2.75) is 0 Å². The summed E-state index contributed by atoms with van der Waals surface area (Å²) in [4.78, 5) is 14.0. The number of rotatable bonds is 3. The summed E-state index contributed by atoms with van der Waals surface area (Å²) in [6, 6.07) is 7.63. The van der Waals surface area contributed by atoms with Crippen LogP contribution in [0, 0.1) is 0 Å². The van der Waals surface area contributed by atoms with Crippen molar-refractivity contribution in [2.24, 2.45) is 0 Å². The van der Waals surface area contributed by atoms with E-state index in [0.717, 1.165) is 38.4 Å². The first-order valence-corrected chi connectivity index (χ1v) is 6.33. The SMILES string of the molecule is O=C(Nc1ccc(N2CCOCC2)cc1)c1nnco1. The molecule has 7 heteroatoms. The summed E-state index contributed by atoms with van der Waals surface area (Å²) in [6.07, 6.45) is 1.12. The normalized spacial score (nSPS) is 15.1. The maximum atomic E-state index is 11.7. The van der Waals surface area contributed by atoms with Gasteiger partial charge in [-0.25, -0.2) is 0 Å². The topological polar surface area (TPSA) is 80.5 Å². The third-order valence-electron chi connectivity index (χ3n) is 3.06. The number of benzene rings is 1. The van der Waals surface area contributed by atoms with E-state index in [9.17, 15) is 4.79 Å². The van der Waals surface area contributed by atoms with Gasteiger partial charge in [-0.3, -0.25) is 4.79 Å². The first-order valence-electron chi connectivity index (χ1n) is 6.33. The van der Waals surface area contributed by atoms with Gasteiger partial charge in [0.05, 0.1) is 13.2 Å². The van der Waals surface area contributed by atoms with Crippen LogP contribution in [0.2, 0.25) is 0 Å². The smallest absolute Gasteiger partial charge is 0.313 e. The van der Waals surface area contributed by atoms with E-state index in [0.29, 0.717) is 5.69 Å². The Hall–Kier alpha value is -2.41. The van der Waals surface area contributed by atoms with Crippen LogP contribution in [0.25, 0.3) is 0 Å². The zero-order valence-corrected chi connectivity index (χ0v) is 10.8. The number of hydrogen-bond donors (Lipinski definition) is 1. The van der Waals surface area contributed by atoms with Crippen LogP contribution in [-0.4, -0.2) is 42.4 Å². The number of nitrogens with one attached hydrogen (secondary N) is 1. The van der Waals surface area contributed by atoms with Gasteiger partial charge in [0.1, 0.15) is 0 Å². The van der Waals surface area contributed by atoms with Gasteiger partial charge >= 0.3 is 11.8 Å². The molecule has 0 radical (unpaired) electrons. The second kappa shape index (κ2) is 5.70. The molecule has 1 saturated heterocycles. The summed E-state index contributed by atoms with van der Waals surface area (Å²) < 4.78 is 10.1. The van der Waals surface area contributed by atoms with Gasteiger partial charge in [-0.15, -0.1) is 10.2 Å². The predicted octanol–water partition coefficient (Wildman–Crippen LogP) is 1.16. The molecule has 7 nitrogen and oxygen atoms in total. The maximum Gasteiger partial charge on any atom is 0.313 e. The molecule has 0 bridgehead atoms. The number of morpholine rings is 1. The van der Waals surface area contributed by atoms with E-state index in [1.807, 2.05) is 24.3 Å². The molecular weight excluding hydrogens is 260 g/mol. The first kappa shape index (κ1) is 12.6. The van der Waals surface area contributed by atoms with Gasteiger partial charge in [0, 0.05) is 24.5 Å². The zero-order chi connectivity index (χ0) is 13.8. The third-order valence-corrected chi connectivity index (χ3v) is 3.06. The Labute approximate surface area is 115 Å². The van der Waals surface area contributed by atoms with Gasteiger partial charge in [0.25, 0.3) is 0 Å². The summed E-state index contributed by atoms with van der Waals surface area (Å²) in [5.74, 6) is -0.469. The fourth-order valence-electron chi connectivity index (χ4n) is 2.03. The van der Waals surface area contributed by atoms with Crippen LogP contribution in [0.3, 0.4) is 0 Å². The van der Waals surface area contributed by atoms with E-state index in [1.165, 1.54) is 0 Å². The summed E-state index contributed by atoms with van der Waals surface area (Å²) in [6.45, 7) is 3.26. The van der Waals surface area contributed by atoms with Crippen molar-refractivity contribution in [3.63, 3.8) is 0 Å². The zero-order valence-electron chi connectivity index (χ0n) is 10.8. The number of aromatic nitrogens is 2. The van der Waals surface area contributed by atoms with E-state index in [1.54, 1.807) is 0 Å². The minimum absolute atomic E-state index is 0.0535. The third kappa shape index (κ3) is 2.77. The minimum Gasteiger partial charge on any atom is -0.420 e. The molecule has 0 saturated carbocycles. The molecule has 2 aromatic rings. The molecule has 1 aliphatic heterocycles. The Morgan fingerprint density at radius 1 is 1.20 bits per heavy atom. The molecule has 0 atom stereocenters. The van der Waals surface area contributed by atoms with Crippen LogP contribution in [0.1, 0.15) is 10.7 Å².